The van der Waals surface area contributed by atoms with Gasteiger partial charge in [-0.3, -0.25) is 14.6 Å². The van der Waals surface area contributed by atoms with Crippen LogP contribution in [0.25, 0.3) is 0 Å². The molecular formula is C42H81N3O2. The van der Waals surface area contributed by atoms with Crippen LogP contribution >= 0.6 is 0 Å². The highest BCUT2D eigenvalue weighted by molar-refractivity contribution is 6.39. The lowest BCUT2D eigenvalue weighted by atomic mass is 10.0. The van der Waals surface area contributed by atoms with Crippen molar-refractivity contribution in [2.45, 2.75) is 238 Å². The van der Waals surface area contributed by atoms with E-state index in [1.165, 1.54) is 167 Å². The maximum atomic E-state index is 12.9. The Bertz CT molecular complexity index is 767. The lowest BCUT2D eigenvalue weighted by molar-refractivity contribution is -0.122. The Morgan fingerprint density at radius 3 is 1.26 bits per heavy atom. The van der Waals surface area contributed by atoms with Crippen LogP contribution in [0.1, 0.15) is 226 Å². The van der Waals surface area contributed by atoms with Crippen molar-refractivity contribution in [3.05, 3.63) is 0 Å². The number of unbranched alkanes of at least 4 members (excludes halogenated alkanes) is 28. The third-order valence-electron chi connectivity index (χ3n) is 10.3. The first-order valence-electron chi connectivity index (χ1n) is 21.1. The Hall–Kier alpha value is -1.39. The van der Waals surface area contributed by atoms with Crippen molar-refractivity contribution in [3.8, 4) is 0 Å². The van der Waals surface area contributed by atoms with Gasteiger partial charge in [0.25, 0.3) is 0 Å². The van der Waals surface area contributed by atoms with Gasteiger partial charge in [-0.2, -0.15) is 0 Å². The summed E-state index contributed by atoms with van der Waals surface area (Å²) in [7, 11) is 1.97. The van der Waals surface area contributed by atoms with E-state index in [0.29, 0.717) is 25.2 Å². The molecule has 1 aliphatic heterocycles. The number of hydrogen-bond donors (Lipinski definition) is 1. The monoisotopic (exact) mass is 660 g/mol. The van der Waals surface area contributed by atoms with Crippen LogP contribution in [-0.4, -0.2) is 48.1 Å². The number of amides is 1. The lowest BCUT2D eigenvalue weighted by Crippen LogP contribution is -2.42. The van der Waals surface area contributed by atoms with Crippen LogP contribution in [0.2, 0.25) is 0 Å². The minimum Gasteiger partial charge on any atom is -0.355 e. The molecule has 5 heteroatoms. The van der Waals surface area contributed by atoms with Crippen LogP contribution in [0.15, 0.2) is 4.99 Å². The summed E-state index contributed by atoms with van der Waals surface area (Å²) in [5.74, 6) is 0.910. The number of nitrogens with zero attached hydrogens (tertiary/aromatic N) is 2. The topological polar surface area (TPSA) is 61.8 Å². The van der Waals surface area contributed by atoms with Gasteiger partial charge >= 0.3 is 0 Å². The number of likely N-dealkylation sites (N-methyl/N-ethyl adjacent to an activating group) is 1. The van der Waals surface area contributed by atoms with Gasteiger partial charge in [-0.25, -0.2) is 0 Å². The molecule has 0 fully saturated rings. The molecule has 0 aromatic carbocycles. The summed E-state index contributed by atoms with van der Waals surface area (Å²) in [6.07, 6.45) is 41.2. The van der Waals surface area contributed by atoms with Crippen molar-refractivity contribution in [1.82, 2.24) is 10.2 Å². The Labute approximate surface area is 293 Å². The molecule has 5 nitrogen and oxygen atoms in total. The third-order valence-corrected chi connectivity index (χ3v) is 10.3. The molecule has 1 N–H and O–H groups in total. The average molecular weight is 660 g/mol. The number of rotatable bonds is 35. The van der Waals surface area contributed by atoms with Crippen LogP contribution in [0.4, 0.5) is 0 Å². The number of carbonyl (C=O) groups excluding carboxylic acids is 2. The standard InChI is InChI=1S/C42H81N3O2/c1-5-7-9-11-13-15-17-19-21-23-25-27-29-31-33-35-40(46)42-44-39(37-45(42)4)38(3)43-41(47)36-34-32-30-28-26-24-22-20-18-16-14-12-10-8-6-2/h38-39H,5-37H2,1-4H3,(H,43,47). The summed E-state index contributed by atoms with van der Waals surface area (Å²) in [4.78, 5) is 32.2. The fraction of sp³-hybridized carbons (Fsp3) is 0.929. The highest BCUT2D eigenvalue weighted by Gasteiger charge is 2.30. The van der Waals surface area contributed by atoms with Gasteiger partial charge in [0.1, 0.15) is 0 Å². The number of hydrogen-bond acceptors (Lipinski definition) is 4. The molecule has 0 aromatic heterocycles. The molecule has 47 heavy (non-hydrogen) atoms. The maximum Gasteiger partial charge on any atom is 0.220 e. The summed E-state index contributed by atoms with van der Waals surface area (Å²) in [6, 6.07) is -0.0811. The quantitative estimate of drug-likeness (QED) is 0.0689. The van der Waals surface area contributed by atoms with E-state index in [-0.39, 0.29) is 23.8 Å². The van der Waals surface area contributed by atoms with E-state index in [1.807, 2.05) is 18.9 Å². The van der Waals surface area contributed by atoms with Gasteiger partial charge < -0.3 is 10.2 Å². The zero-order chi connectivity index (χ0) is 34.2. The number of Topliss-reactive ketones (excluding diaryl/α,β-unsaturated/α-hetero) is 1. The zero-order valence-corrected chi connectivity index (χ0v) is 32.2. The second-order valence-corrected chi connectivity index (χ2v) is 15.1. The van der Waals surface area contributed by atoms with E-state index in [2.05, 4.69) is 19.2 Å². The van der Waals surface area contributed by atoms with Gasteiger partial charge in [-0.05, 0) is 19.8 Å². The summed E-state index contributed by atoms with van der Waals surface area (Å²) in [6.45, 7) is 7.31. The van der Waals surface area contributed by atoms with Crippen LogP contribution in [0.3, 0.4) is 0 Å². The third kappa shape index (κ3) is 25.3. The fourth-order valence-electron chi connectivity index (χ4n) is 7.07. The average Bonchev–Trinajstić information content (AvgIpc) is 3.46. The number of carbonyl (C=O) groups is 2. The van der Waals surface area contributed by atoms with E-state index >= 15 is 0 Å². The van der Waals surface area contributed by atoms with Crippen molar-refractivity contribution >= 4 is 17.5 Å². The van der Waals surface area contributed by atoms with Gasteiger partial charge in [0, 0.05) is 26.4 Å². The van der Waals surface area contributed by atoms with Gasteiger partial charge in [-0.15, -0.1) is 0 Å². The van der Waals surface area contributed by atoms with Crippen molar-refractivity contribution < 1.29 is 9.59 Å². The first-order chi connectivity index (χ1) is 23.0. The predicted molar refractivity (Wildman–Crippen MR) is 206 cm³/mol. The SMILES string of the molecule is CCCCCCCCCCCCCCCCCC(=O)NC(C)C1CN(C)C(C(=O)CCCCCCCCCCCCCCCCC)=N1. The molecule has 0 spiro atoms. The molecule has 0 saturated heterocycles. The predicted octanol–water partition coefficient (Wildman–Crippen LogP) is 12.3. The van der Waals surface area contributed by atoms with Crippen molar-refractivity contribution in [2.24, 2.45) is 4.99 Å². The fourth-order valence-corrected chi connectivity index (χ4v) is 7.07. The summed E-state index contributed by atoms with van der Waals surface area (Å²) in [5.41, 5.74) is 0. The summed E-state index contributed by atoms with van der Waals surface area (Å²) < 4.78 is 0. The molecular weight excluding hydrogens is 578 g/mol. The number of aliphatic imine (C=N–C) groups is 1. The molecule has 0 radical (unpaired) electrons. The molecule has 0 saturated carbocycles. The van der Waals surface area contributed by atoms with Crippen molar-refractivity contribution in [2.75, 3.05) is 13.6 Å². The second-order valence-electron chi connectivity index (χ2n) is 15.1. The van der Waals surface area contributed by atoms with Gasteiger partial charge in [0.2, 0.25) is 5.91 Å². The van der Waals surface area contributed by atoms with E-state index in [1.54, 1.807) is 0 Å². The minimum atomic E-state index is -0.0441. The summed E-state index contributed by atoms with van der Waals surface area (Å²) in [5, 5.41) is 3.17. The molecule has 2 atom stereocenters. The molecule has 1 heterocycles. The van der Waals surface area contributed by atoms with E-state index < -0.39 is 0 Å². The highest BCUT2D eigenvalue weighted by atomic mass is 16.1. The minimum absolute atomic E-state index is 0.0370. The van der Waals surface area contributed by atoms with Crippen LogP contribution in [-0.2, 0) is 9.59 Å². The highest BCUT2D eigenvalue weighted by Crippen LogP contribution is 2.17. The molecule has 0 bridgehead atoms. The van der Waals surface area contributed by atoms with Gasteiger partial charge in [0.15, 0.2) is 11.6 Å². The van der Waals surface area contributed by atoms with E-state index in [0.717, 1.165) is 25.7 Å². The van der Waals surface area contributed by atoms with Gasteiger partial charge in [-0.1, -0.05) is 194 Å². The molecule has 276 valence electrons. The number of nitrogens with one attached hydrogen (secondary N) is 1. The number of ketones is 1. The number of amidine groups is 1. The summed E-state index contributed by atoms with van der Waals surface area (Å²) >= 11 is 0. The first kappa shape index (κ1) is 43.6. The molecule has 2 unspecified atom stereocenters. The Kier molecular flexibility index (Phi) is 29.6. The molecule has 1 amide bonds. The molecule has 1 rings (SSSR count). The molecule has 0 aromatic rings. The van der Waals surface area contributed by atoms with Crippen molar-refractivity contribution in [1.29, 1.82) is 0 Å². The molecule has 0 aliphatic carbocycles. The second kappa shape index (κ2) is 31.9. The maximum absolute atomic E-state index is 12.9. The van der Waals surface area contributed by atoms with Crippen LogP contribution in [0.5, 0.6) is 0 Å². The smallest absolute Gasteiger partial charge is 0.220 e. The largest absolute Gasteiger partial charge is 0.355 e. The van der Waals surface area contributed by atoms with E-state index in [9.17, 15) is 9.59 Å². The zero-order valence-electron chi connectivity index (χ0n) is 32.2. The van der Waals surface area contributed by atoms with Crippen LogP contribution in [0, 0.1) is 0 Å². The Morgan fingerprint density at radius 1 is 0.574 bits per heavy atom. The van der Waals surface area contributed by atoms with Crippen LogP contribution < -0.4 is 5.32 Å². The van der Waals surface area contributed by atoms with E-state index in [4.69, 9.17) is 4.99 Å². The normalized spacial score (nSPS) is 15.3. The Balaban J connectivity index is 2.00. The van der Waals surface area contributed by atoms with Gasteiger partial charge in [0.05, 0.1) is 12.1 Å². The first-order valence-corrected chi connectivity index (χ1v) is 21.1. The molecule has 1 aliphatic rings. The lowest BCUT2D eigenvalue weighted by Gasteiger charge is -2.19. The van der Waals surface area contributed by atoms with Crippen molar-refractivity contribution in [3.63, 3.8) is 0 Å². The Morgan fingerprint density at radius 2 is 0.894 bits per heavy atom.